The minimum Gasteiger partial charge on any atom is -0.488 e. The van der Waals surface area contributed by atoms with Gasteiger partial charge in [-0.05, 0) is 51.5 Å². The summed E-state index contributed by atoms with van der Waals surface area (Å²) in [6.07, 6.45) is 1.59. The van der Waals surface area contributed by atoms with Crippen LogP contribution in [0.4, 0.5) is 5.69 Å². The Morgan fingerprint density at radius 3 is 2.30 bits per heavy atom. The quantitative estimate of drug-likeness (QED) is 0.876. The Balaban J connectivity index is 0.00000361. The van der Waals surface area contributed by atoms with Gasteiger partial charge in [-0.25, -0.2) is 0 Å². The Bertz CT molecular complexity index is 413. The molecule has 114 valence electrons. The Morgan fingerprint density at radius 2 is 1.85 bits per heavy atom. The molecule has 20 heavy (non-hydrogen) atoms. The van der Waals surface area contributed by atoms with Gasteiger partial charge in [-0.1, -0.05) is 13.3 Å². The fourth-order valence-electron chi connectivity index (χ4n) is 1.64. The maximum absolute atomic E-state index is 11.7. The van der Waals surface area contributed by atoms with Crippen molar-refractivity contribution in [3.63, 3.8) is 0 Å². The van der Waals surface area contributed by atoms with Crippen LogP contribution in [-0.4, -0.2) is 17.6 Å². The maximum Gasteiger partial charge on any atom is 0.241 e. The van der Waals surface area contributed by atoms with E-state index in [1.54, 1.807) is 0 Å². The molecule has 0 radical (unpaired) electrons. The average molecular weight is 301 g/mol. The van der Waals surface area contributed by atoms with Crippen molar-refractivity contribution in [1.82, 2.24) is 0 Å². The highest BCUT2D eigenvalue weighted by atomic mass is 35.5. The number of rotatable bonds is 5. The summed E-state index contributed by atoms with van der Waals surface area (Å²) in [4.78, 5) is 11.7. The predicted molar refractivity (Wildman–Crippen MR) is 85.6 cm³/mol. The van der Waals surface area contributed by atoms with Crippen LogP contribution in [0.5, 0.6) is 5.75 Å². The van der Waals surface area contributed by atoms with Gasteiger partial charge in [0.1, 0.15) is 11.4 Å². The lowest BCUT2D eigenvalue weighted by molar-refractivity contribution is -0.117. The summed E-state index contributed by atoms with van der Waals surface area (Å²) in [6.45, 7) is 7.98. The van der Waals surface area contributed by atoms with Gasteiger partial charge in [-0.15, -0.1) is 12.4 Å². The van der Waals surface area contributed by atoms with Crippen molar-refractivity contribution < 1.29 is 9.53 Å². The van der Waals surface area contributed by atoms with Crippen molar-refractivity contribution in [1.29, 1.82) is 0 Å². The number of carbonyl (C=O) groups is 1. The molecule has 3 N–H and O–H groups in total. The number of ether oxygens (including phenoxy) is 1. The molecule has 0 heterocycles. The number of benzene rings is 1. The van der Waals surface area contributed by atoms with E-state index in [1.165, 1.54) is 0 Å². The van der Waals surface area contributed by atoms with Crippen molar-refractivity contribution in [2.24, 2.45) is 5.73 Å². The summed E-state index contributed by atoms with van der Waals surface area (Å²) in [5.41, 5.74) is 6.26. The maximum atomic E-state index is 11.7. The third-order valence-electron chi connectivity index (χ3n) is 2.48. The number of hydrogen-bond donors (Lipinski definition) is 2. The zero-order valence-electron chi connectivity index (χ0n) is 12.6. The highest BCUT2D eigenvalue weighted by Crippen LogP contribution is 2.20. The molecule has 1 aromatic carbocycles. The van der Waals surface area contributed by atoms with Crippen LogP contribution in [0.2, 0.25) is 0 Å². The van der Waals surface area contributed by atoms with E-state index in [0.29, 0.717) is 6.42 Å². The molecule has 0 fully saturated rings. The minimum atomic E-state index is -0.449. The van der Waals surface area contributed by atoms with Gasteiger partial charge < -0.3 is 15.8 Å². The molecule has 1 unspecified atom stereocenters. The van der Waals surface area contributed by atoms with Crippen LogP contribution in [0.3, 0.4) is 0 Å². The van der Waals surface area contributed by atoms with Gasteiger partial charge in [0.2, 0.25) is 5.91 Å². The van der Waals surface area contributed by atoms with E-state index in [1.807, 2.05) is 52.0 Å². The van der Waals surface area contributed by atoms with Crippen LogP contribution in [0.1, 0.15) is 40.5 Å². The SMILES string of the molecule is CCCC(N)C(=O)Nc1ccc(OC(C)(C)C)cc1.Cl. The van der Waals surface area contributed by atoms with Crippen LogP contribution in [0.15, 0.2) is 24.3 Å². The number of hydrogen-bond acceptors (Lipinski definition) is 3. The molecule has 1 atom stereocenters. The normalized spacial score (nSPS) is 12.2. The number of nitrogens with one attached hydrogen (secondary N) is 1. The minimum absolute atomic E-state index is 0. The lowest BCUT2D eigenvalue weighted by Gasteiger charge is -2.21. The second kappa shape index (κ2) is 8.12. The molecular formula is C15H25ClN2O2. The number of amides is 1. The molecule has 0 saturated heterocycles. The van der Waals surface area contributed by atoms with E-state index in [0.717, 1.165) is 17.9 Å². The largest absolute Gasteiger partial charge is 0.488 e. The molecule has 0 saturated carbocycles. The topological polar surface area (TPSA) is 64.4 Å². The van der Waals surface area contributed by atoms with Crippen LogP contribution in [0.25, 0.3) is 0 Å². The summed E-state index contributed by atoms with van der Waals surface area (Å²) < 4.78 is 5.71. The Hall–Kier alpha value is -1.26. The summed E-state index contributed by atoms with van der Waals surface area (Å²) in [6, 6.07) is 6.86. The van der Waals surface area contributed by atoms with Crippen molar-refractivity contribution in [3.05, 3.63) is 24.3 Å². The molecule has 0 aliphatic heterocycles. The van der Waals surface area contributed by atoms with E-state index >= 15 is 0 Å². The van der Waals surface area contributed by atoms with Crippen molar-refractivity contribution in [3.8, 4) is 5.75 Å². The van der Waals surface area contributed by atoms with Crippen LogP contribution < -0.4 is 15.8 Å². The molecule has 0 spiro atoms. The lowest BCUT2D eigenvalue weighted by Crippen LogP contribution is -2.35. The second-order valence-electron chi connectivity index (χ2n) is 5.62. The van der Waals surface area contributed by atoms with Gasteiger partial charge >= 0.3 is 0 Å². The molecule has 0 aliphatic carbocycles. The van der Waals surface area contributed by atoms with Crippen molar-refractivity contribution in [2.75, 3.05) is 5.32 Å². The van der Waals surface area contributed by atoms with Gasteiger partial charge in [0.05, 0.1) is 6.04 Å². The van der Waals surface area contributed by atoms with E-state index in [4.69, 9.17) is 10.5 Å². The molecular weight excluding hydrogens is 276 g/mol. The molecule has 0 aromatic heterocycles. The smallest absolute Gasteiger partial charge is 0.241 e. The van der Waals surface area contributed by atoms with Gasteiger partial charge in [0.25, 0.3) is 0 Å². The highest BCUT2D eigenvalue weighted by Gasteiger charge is 2.13. The van der Waals surface area contributed by atoms with Crippen LogP contribution >= 0.6 is 12.4 Å². The Morgan fingerprint density at radius 1 is 1.30 bits per heavy atom. The summed E-state index contributed by atoms with van der Waals surface area (Å²) in [5, 5.41) is 2.80. The zero-order chi connectivity index (χ0) is 14.5. The highest BCUT2D eigenvalue weighted by molar-refractivity contribution is 5.94. The van der Waals surface area contributed by atoms with Gasteiger partial charge in [0, 0.05) is 5.69 Å². The van der Waals surface area contributed by atoms with E-state index in [-0.39, 0.29) is 23.9 Å². The molecule has 1 aromatic rings. The third kappa shape index (κ3) is 6.78. The second-order valence-corrected chi connectivity index (χ2v) is 5.62. The summed E-state index contributed by atoms with van der Waals surface area (Å²) in [7, 11) is 0. The number of carbonyl (C=O) groups excluding carboxylic acids is 1. The Kier molecular flexibility index (Phi) is 7.61. The van der Waals surface area contributed by atoms with E-state index in [9.17, 15) is 4.79 Å². The number of nitrogens with two attached hydrogens (primary N) is 1. The average Bonchev–Trinajstić information content (AvgIpc) is 2.30. The zero-order valence-corrected chi connectivity index (χ0v) is 13.4. The van der Waals surface area contributed by atoms with Gasteiger partial charge in [-0.2, -0.15) is 0 Å². The number of anilines is 1. The first-order valence-electron chi connectivity index (χ1n) is 6.67. The first kappa shape index (κ1) is 18.7. The molecule has 1 rings (SSSR count). The molecule has 5 heteroatoms. The van der Waals surface area contributed by atoms with Gasteiger partial charge in [-0.3, -0.25) is 4.79 Å². The number of halogens is 1. The third-order valence-corrected chi connectivity index (χ3v) is 2.48. The van der Waals surface area contributed by atoms with Crippen LogP contribution in [-0.2, 0) is 4.79 Å². The standard InChI is InChI=1S/C15H24N2O2.ClH/c1-5-6-13(16)14(18)17-11-7-9-12(10-8-11)19-15(2,3)4;/h7-10,13H,5-6,16H2,1-4H3,(H,17,18);1H. The fraction of sp³-hybridized carbons (Fsp3) is 0.533. The lowest BCUT2D eigenvalue weighted by atomic mass is 10.1. The van der Waals surface area contributed by atoms with Gasteiger partial charge in [0.15, 0.2) is 0 Å². The molecule has 1 amide bonds. The Labute approximate surface area is 127 Å². The van der Waals surface area contributed by atoms with Crippen LogP contribution in [0, 0.1) is 0 Å². The monoisotopic (exact) mass is 300 g/mol. The fourth-order valence-corrected chi connectivity index (χ4v) is 1.64. The molecule has 0 aliphatic rings. The molecule has 4 nitrogen and oxygen atoms in total. The first-order valence-corrected chi connectivity index (χ1v) is 6.67. The summed E-state index contributed by atoms with van der Waals surface area (Å²) in [5.74, 6) is 0.634. The van der Waals surface area contributed by atoms with E-state index < -0.39 is 6.04 Å². The summed E-state index contributed by atoms with van der Waals surface area (Å²) >= 11 is 0. The van der Waals surface area contributed by atoms with Crippen molar-refractivity contribution >= 4 is 24.0 Å². The first-order chi connectivity index (χ1) is 8.81. The van der Waals surface area contributed by atoms with Crippen molar-refractivity contribution in [2.45, 2.75) is 52.2 Å². The van der Waals surface area contributed by atoms with E-state index in [2.05, 4.69) is 5.32 Å². The molecule has 0 bridgehead atoms. The predicted octanol–water partition coefficient (Wildman–Crippen LogP) is 3.35.